The maximum Gasteiger partial charge on any atom is 0.387 e. The summed E-state index contributed by atoms with van der Waals surface area (Å²) in [7, 11) is 1.67. The van der Waals surface area contributed by atoms with Crippen molar-refractivity contribution < 1.29 is 13.5 Å². The lowest BCUT2D eigenvalue weighted by molar-refractivity contribution is -0.0504. The molecule has 2 fully saturated rings. The first kappa shape index (κ1) is 23.7. The van der Waals surface area contributed by atoms with Crippen LogP contribution in [0.2, 0.25) is 10.0 Å². The number of benzene rings is 1. The maximum absolute atomic E-state index is 12.7. The van der Waals surface area contributed by atoms with E-state index in [0.717, 1.165) is 19.1 Å². The molecule has 5 nitrogen and oxygen atoms in total. The molecule has 0 amide bonds. The minimum atomic E-state index is -2.96. The maximum atomic E-state index is 12.7. The van der Waals surface area contributed by atoms with E-state index >= 15 is 0 Å². The van der Waals surface area contributed by atoms with Gasteiger partial charge in [0.25, 0.3) is 0 Å². The van der Waals surface area contributed by atoms with E-state index in [4.69, 9.17) is 23.2 Å². The van der Waals surface area contributed by atoms with Gasteiger partial charge in [-0.25, -0.2) is 0 Å². The van der Waals surface area contributed by atoms with Crippen LogP contribution in [0.4, 0.5) is 8.78 Å². The summed E-state index contributed by atoms with van der Waals surface area (Å²) in [5, 5.41) is 6.82. The van der Waals surface area contributed by atoms with E-state index in [-0.39, 0.29) is 41.3 Å². The molecule has 1 aliphatic heterocycles. The van der Waals surface area contributed by atoms with E-state index in [2.05, 4.69) is 25.3 Å². The number of likely N-dealkylation sites (tertiary alicyclic amines) is 1. The van der Waals surface area contributed by atoms with Gasteiger partial charge in [-0.05, 0) is 43.9 Å². The van der Waals surface area contributed by atoms with Crippen molar-refractivity contribution in [2.24, 2.45) is 10.9 Å². The third-order valence-electron chi connectivity index (χ3n) is 4.90. The normalized spacial score (nSPS) is 20.2. The van der Waals surface area contributed by atoms with Gasteiger partial charge in [0.2, 0.25) is 0 Å². The Morgan fingerprint density at radius 3 is 2.68 bits per heavy atom. The average molecular weight is 549 g/mol. The van der Waals surface area contributed by atoms with Crippen molar-refractivity contribution in [2.75, 3.05) is 26.7 Å². The largest absolute Gasteiger partial charge is 0.433 e. The Kier molecular flexibility index (Phi) is 9.30. The summed E-state index contributed by atoms with van der Waals surface area (Å²) in [6.07, 6.45) is 3.83. The monoisotopic (exact) mass is 548 g/mol. The topological polar surface area (TPSA) is 48.9 Å². The second kappa shape index (κ2) is 11.0. The van der Waals surface area contributed by atoms with Gasteiger partial charge in [-0.1, -0.05) is 23.2 Å². The van der Waals surface area contributed by atoms with Crippen molar-refractivity contribution in [3.8, 4) is 5.75 Å². The van der Waals surface area contributed by atoms with Crippen molar-refractivity contribution in [1.29, 1.82) is 0 Å². The molecule has 1 heterocycles. The highest BCUT2D eigenvalue weighted by atomic mass is 127. The van der Waals surface area contributed by atoms with Crippen LogP contribution in [0, 0.1) is 5.92 Å². The van der Waals surface area contributed by atoms with Crippen LogP contribution in [0.3, 0.4) is 0 Å². The van der Waals surface area contributed by atoms with E-state index in [1.54, 1.807) is 13.1 Å². The summed E-state index contributed by atoms with van der Waals surface area (Å²) in [5.74, 6) is 1.11. The van der Waals surface area contributed by atoms with Gasteiger partial charge in [0, 0.05) is 43.3 Å². The number of ether oxygens (including phenoxy) is 1. The van der Waals surface area contributed by atoms with E-state index in [9.17, 15) is 8.78 Å². The highest BCUT2D eigenvalue weighted by Gasteiger charge is 2.34. The summed E-state index contributed by atoms with van der Waals surface area (Å²) in [4.78, 5) is 6.75. The lowest BCUT2D eigenvalue weighted by atomic mass is 10.1. The Balaban J connectivity index is 0.00000280. The molecule has 2 N–H and O–H groups in total. The molecule has 1 unspecified atom stereocenters. The minimum Gasteiger partial charge on any atom is -0.433 e. The highest BCUT2D eigenvalue weighted by Crippen LogP contribution is 2.34. The first-order valence-corrected chi connectivity index (χ1v) is 9.83. The Bertz CT molecular complexity index is 692. The van der Waals surface area contributed by atoms with Crippen LogP contribution < -0.4 is 15.4 Å². The van der Waals surface area contributed by atoms with Gasteiger partial charge in [0.15, 0.2) is 5.96 Å². The predicted molar refractivity (Wildman–Crippen MR) is 119 cm³/mol. The fourth-order valence-electron chi connectivity index (χ4n) is 3.41. The predicted octanol–water partition coefficient (Wildman–Crippen LogP) is 4.36. The number of hydrogen-bond donors (Lipinski definition) is 2. The third kappa shape index (κ3) is 6.74. The fraction of sp³-hybridized carbons (Fsp3) is 0.611. The van der Waals surface area contributed by atoms with Crippen LogP contribution in [0.5, 0.6) is 5.75 Å². The fourth-order valence-corrected chi connectivity index (χ4v) is 3.99. The zero-order chi connectivity index (χ0) is 19.4. The summed E-state index contributed by atoms with van der Waals surface area (Å²) in [5.41, 5.74) is 0.441. The molecular weight excluding hydrogens is 524 g/mol. The second-order valence-corrected chi connectivity index (χ2v) is 7.79. The number of halogens is 5. The molecule has 10 heteroatoms. The number of hydrogen-bond acceptors (Lipinski definition) is 3. The first-order valence-electron chi connectivity index (χ1n) is 9.07. The van der Waals surface area contributed by atoms with E-state index < -0.39 is 6.61 Å². The van der Waals surface area contributed by atoms with Crippen LogP contribution >= 0.6 is 47.2 Å². The number of nitrogens with zero attached hydrogens (tertiary/aromatic N) is 2. The van der Waals surface area contributed by atoms with Crippen molar-refractivity contribution in [3.05, 3.63) is 27.7 Å². The van der Waals surface area contributed by atoms with Crippen LogP contribution in [0.15, 0.2) is 17.1 Å². The molecule has 3 rings (SSSR count). The number of guanidine groups is 1. The average Bonchev–Trinajstić information content (AvgIpc) is 3.36. The van der Waals surface area contributed by atoms with Crippen LogP contribution in [0.25, 0.3) is 0 Å². The number of aliphatic imine (C=N–C) groups is 1. The Labute approximate surface area is 191 Å². The van der Waals surface area contributed by atoms with E-state index in [0.29, 0.717) is 22.5 Å². The molecule has 0 aromatic heterocycles. The number of rotatable bonds is 7. The SMILES string of the molecule is CN=C(NCc1cc(Cl)cc(Cl)c1OC(F)F)NCC1CCN(C2CC2)C1.I. The standard InChI is InChI=1S/C18H24Cl2F2N4O.HI/c1-23-18(24-8-11-4-5-26(10-11)14-2-3-14)25-9-12-6-13(19)7-15(20)16(12)27-17(21)22;/h6-7,11,14,17H,2-5,8-10H2,1H3,(H2,23,24,25);1H. The molecule has 1 aromatic carbocycles. The highest BCUT2D eigenvalue weighted by molar-refractivity contribution is 14.0. The summed E-state index contributed by atoms with van der Waals surface area (Å²) in [6.45, 7) is 0.348. The minimum absolute atomic E-state index is 0. The second-order valence-electron chi connectivity index (χ2n) is 6.94. The van der Waals surface area contributed by atoms with Gasteiger partial charge in [-0.3, -0.25) is 4.99 Å². The third-order valence-corrected chi connectivity index (χ3v) is 5.40. The number of nitrogens with one attached hydrogen (secondary N) is 2. The quantitative estimate of drug-likeness (QED) is 0.302. The Morgan fingerprint density at radius 1 is 1.29 bits per heavy atom. The lowest BCUT2D eigenvalue weighted by Gasteiger charge is -2.18. The molecule has 1 saturated heterocycles. The molecule has 2 aliphatic rings. The van der Waals surface area contributed by atoms with Crippen LogP contribution in [0.1, 0.15) is 24.8 Å². The molecule has 158 valence electrons. The molecule has 28 heavy (non-hydrogen) atoms. The van der Waals surface area contributed by atoms with E-state index in [1.807, 2.05) is 0 Å². The van der Waals surface area contributed by atoms with Crippen molar-refractivity contribution in [2.45, 2.75) is 38.5 Å². The molecular formula is C18H25Cl2F2IN4O. The van der Waals surface area contributed by atoms with E-state index in [1.165, 1.54) is 31.9 Å². The molecule has 0 radical (unpaired) electrons. The van der Waals surface area contributed by atoms with Crippen molar-refractivity contribution in [1.82, 2.24) is 15.5 Å². The molecule has 0 spiro atoms. The molecule has 1 aliphatic carbocycles. The first-order chi connectivity index (χ1) is 13.0. The van der Waals surface area contributed by atoms with Gasteiger partial charge < -0.3 is 20.3 Å². The zero-order valence-corrected chi connectivity index (χ0v) is 19.4. The van der Waals surface area contributed by atoms with Gasteiger partial charge in [0.05, 0.1) is 5.02 Å². The summed E-state index contributed by atoms with van der Waals surface area (Å²) in [6, 6.07) is 3.73. The van der Waals surface area contributed by atoms with Crippen LogP contribution in [-0.2, 0) is 6.54 Å². The van der Waals surface area contributed by atoms with Gasteiger partial charge in [-0.2, -0.15) is 8.78 Å². The number of alkyl halides is 2. The van der Waals surface area contributed by atoms with Crippen molar-refractivity contribution >= 4 is 53.1 Å². The van der Waals surface area contributed by atoms with Crippen LogP contribution in [-0.4, -0.2) is 50.2 Å². The zero-order valence-electron chi connectivity index (χ0n) is 15.6. The molecule has 0 bridgehead atoms. The molecule has 1 saturated carbocycles. The summed E-state index contributed by atoms with van der Waals surface area (Å²) >= 11 is 12.0. The smallest absolute Gasteiger partial charge is 0.387 e. The Hall–Kier alpha value is -0.580. The van der Waals surface area contributed by atoms with Crippen molar-refractivity contribution in [3.63, 3.8) is 0 Å². The van der Waals surface area contributed by atoms with Gasteiger partial charge >= 0.3 is 6.61 Å². The lowest BCUT2D eigenvalue weighted by Crippen LogP contribution is -2.40. The van der Waals surface area contributed by atoms with Gasteiger partial charge in [0.1, 0.15) is 5.75 Å². The van der Waals surface area contributed by atoms with Gasteiger partial charge in [-0.15, -0.1) is 24.0 Å². The summed E-state index contributed by atoms with van der Waals surface area (Å²) < 4.78 is 29.9. The molecule has 1 aromatic rings. The molecule has 1 atom stereocenters. The Morgan fingerprint density at radius 2 is 2.04 bits per heavy atom.